The Morgan fingerprint density at radius 2 is 2.05 bits per heavy atom. The molecule has 0 saturated carbocycles. The molecule has 0 saturated heterocycles. The van der Waals surface area contributed by atoms with E-state index in [2.05, 4.69) is 29.5 Å². The molecule has 0 unspecified atom stereocenters. The van der Waals surface area contributed by atoms with Crippen LogP contribution >= 0.6 is 0 Å². The second-order valence-corrected chi connectivity index (χ2v) is 5.29. The smallest absolute Gasteiger partial charge is 0.191 e. The molecule has 0 amide bonds. The van der Waals surface area contributed by atoms with Crippen molar-refractivity contribution in [3.05, 3.63) is 30.1 Å². The second kappa shape index (κ2) is 9.21. The van der Waals surface area contributed by atoms with Crippen LogP contribution < -0.4 is 15.5 Å². The van der Waals surface area contributed by atoms with Gasteiger partial charge >= 0.3 is 0 Å². The van der Waals surface area contributed by atoms with Crippen LogP contribution in [0.1, 0.15) is 27.2 Å². The van der Waals surface area contributed by atoms with Crippen LogP contribution in [0.25, 0.3) is 0 Å². The quantitative estimate of drug-likeness (QED) is 0.461. The predicted octanol–water partition coefficient (Wildman–Crippen LogP) is 2.62. The van der Waals surface area contributed by atoms with Gasteiger partial charge in [-0.15, -0.1) is 0 Å². The van der Waals surface area contributed by atoms with E-state index in [4.69, 9.17) is 0 Å². The van der Waals surface area contributed by atoms with Crippen LogP contribution in [0.4, 0.5) is 10.1 Å². The van der Waals surface area contributed by atoms with E-state index in [1.54, 1.807) is 12.1 Å². The van der Waals surface area contributed by atoms with Gasteiger partial charge in [0.2, 0.25) is 0 Å². The van der Waals surface area contributed by atoms with Crippen molar-refractivity contribution in [1.29, 1.82) is 0 Å². The van der Waals surface area contributed by atoms with Crippen molar-refractivity contribution in [2.24, 2.45) is 4.99 Å². The van der Waals surface area contributed by atoms with Gasteiger partial charge in [0.25, 0.3) is 0 Å². The number of anilines is 1. The summed E-state index contributed by atoms with van der Waals surface area (Å²) < 4.78 is 13.6. The first-order chi connectivity index (χ1) is 10.0. The van der Waals surface area contributed by atoms with Gasteiger partial charge in [-0.05, 0) is 39.3 Å². The maximum atomic E-state index is 13.6. The highest BCUT2D eigenvalue weighted by molar-refractivity contribution is 5.79. The van der Waals surface area contributed by atoms with Gasteiger partial charge in [0.1, 0.15) is 5.82 Å². The Balaban J connectivity index is 2.43. The molecule has 0 aliphatic heterocycles. The fourth-order valence-corrected chi connectivity index (χ4v) is 1.97. The number of aliphatic imine (C=N–C) groups is 1. The average Bonchev–Trinajstić information content (AvgIpc) is 2.43. The Bertz CT molecular complexity index is 446. The molecule has 0 radical (unpaired) electrons. The third-order valence-electron chi connectivity index (χ3n) is 2.95. The molecule has 21 heavy (non-hydrogen) atoms. The van der Waals surface area contributed by atoms with Gasteiger partial charge in [0, 0.05) is 32.7 Å². The molecule has 0 fully saturated rings. The number of nitrogens with one attached hydrogen (secondary N) is 2. The molecule has 0 atom stereocenters. The number of hydrogen-bond acceptors (Lipinski definition) is 2. The van der Waals surface area contributed by atoms with Crippen LogP contribution in [0.3, 0.4) is 0 Å². The third-order valence-corrected chi connectivity index (χ3v) is 2.95. The Labute approximate surface area is 127 Å². The summed E-state index contributed by atoms with van der Waals surface area (Å²) in [5.74, 6) is 0.652. The van der Waals surface area contributed by atoms with Crippen LogP contribution in [-0.2, 0) is 0 Å². The molecule has 1 rings (SSSR count). The molecule has 118 valence electrons. The lowest BCUT2D eigenvalue weighted by Crippen LogP contribution is -2.41. The number of rotatable bonds is 7. The van der Waals surface area contributed by atoms with E-state index in [0.29, 0.717) is 18.3 Å². The summed E-state index contributed by atoms with van der Waals surface area (Å²) in [6.45, 7) is 8.53. The van der Waals surface area contributed by atoms with Gasteiger partial charge in [0.15, 0.2) is 5.96 Å². The normalized spacial score (nSPS) is 11.6. The molecule has 2 N–H and O–H groups in total. The lowest BCUT2D eigenvalue weighted by molar-refractivity contribution is 0.620. The van der Waals surface area contributed by atoms with Crippen LogP contribution in [0.2, 0.25) is 0 Å². The highest BCUT2D eigenvalue weighted by Gasteiger charge is 2.05. The van der Waals surface area contributed by atoms with Gasteiger partial charge in [-0.25, -0.2) is 4.39 Å². The summed E-state index contributed by atoms with van der Waals surface area (Å²) in [5.41, 5.74) is 0.633. The summed E-state index contributed by atoms with van der Waals surface area (Å²) in [6, 6.07) is 7.19. The molecule has 1 aromatic rings. The van der Waals surface area contributed by atoms with Crippen LogP contribution in [0.15, 0.2) is 29.3 Å². The van der Waals surface area contributed by atoms with Crippen molar-refractivity contribution in [2.45, 2.75) is 33.2 Å². The summed E-state index contributed by atoms with van der Waals surface area (Å²) in [7, 11) is 1.90. The number of halogens is 1. The number of benzene rings is 1. The monoisotopic (exact) mass is 294 g/mol. The average molecular weight is 294 g/mol. The number of hydrogen-bond donors (Lipinski definition) is 2. The van der Waals surface area contributed by atoms with Crippen molar-refractivity contribution in [3.8, 4) is 0 Å². The zero-order chi connectivity index (χ0) is 15.7. The van der Waals surface area contributed by atoms with Crippen molar-refractivity contribution in [1.82, 2.24) is 10.6 Å². The molecule has 5 heteroatoms. The van der Waals surface area contributed by atoms with E-state index < -0.39 is 0 Å². The Kier molecular flexibility index (Phi) is 7.58. The summed E-state index contributed by atoms with van der Waals surface area (Å²) >= 11 is 0. The molecule has 0 spiro atoms. The number of nitrogens with zero attached hydrogens (tertiary/aromatic N) is 2. The SMILES string of the molecule is CCNC(=NCCCN(C)c1ccccc1F)NC(C)C. The molecule has 0 aromatic heterocycles. The first-order valence-electron chi connectivity index (χ1n) is 7.55. The maximum absolute atomic E-state index is 13.6. The van der Waals surface area contributed by atoms with Gasteiger partial charge < -0.3 is 15.5 Å². The van der Waals surface area contributed by atoms with E-state index in [1.165, 1.54) is 6.07 Å². The van der Waals surface area contributed by atoms with E-state index in [1.807, 2.05) is 24.9 Å². The fraction of sp³-hybridized carbons (Fsp3) is 0.562. The van der Waals surface area contributed by atoms with E-state index in [-0.39, 0.29) is 5.82 Å². The fourth-order valence-electron chi connectivity index (χ4n) is 1.97. The van der Waals surface area contributed by atoms with E-state index >= 15 is 0 Å². The maximum Gasteiger partial charge on any atom is 0.191 e. The molecule has 0 aliphatic rings. The van der Waals surface area contributed by atoms with Crippen LogP contribution in [0.5, 0.6) is 0 Å². The van der Waals surface area contributed by atoms with Crippen LogP contribution in [0, 0.1) is 5.82 Å². The van der Waals surface area contributed by atoms with Gasteiger partial charge in [-0.2, -0.15) is 0 Å². The lowest BCUT2D eigenvalue weighted by atomic mass is 10.2. The first-order valence-corrected chi connectivity index (χ1v) is 7.55. The predicted molar refractivity (Wildman–Crippen MR) is 88.5 cm³/mol. The lowest BCUT2D eigenvalue weighted by Gasteiger charge is -2.19. The highest BCUT2D eigenvalue weighted by Crippen LogP contribution is 2.16. The minimum absolute atomic E-state index is 0.182. The Hall–Kier alpha value is -1.78. The molecular formula is C16H27FN4. The summed E-state index contributed by atoms with van der Waals surface area (Å²) in [6.07, 6.45) is 0.875. The van der Waals surface area contributed by atoms with E-state index in [9.17, 15) is 4.39 Å². The number of para-hydroxylation sites is 1. The van der Waals surface area contributed by atoms with E-state index in [0.717, 1.165) is 25.5 Å². The van der Waals surface area contributed by atoms with Crippen molar-refractivity contribution in [2.75, 3.05) is 31.6 Å². The van der Waals surface area contributed by atoms with Crippen molar-refractivity contribution >= 4 is 11.6 Å². The zero-order valence-corrected chi connectivity index (χ0v) is 13.5. The summed E-state index contributed by atoms with van der Waals surface area (Å²) in [4.78, 5) is 6.44. The molecular weight excluding hydrogens is 267 g/mol. The second-order valence-electron chi connectivity index (χ2n) is 5.29. The van der Waals surface area contributed by atoms with Gasteiger partial charge in [-0.3, -0.25) is 4.99 Å². The first kappa shape index (κ1) is 17.3. The molecule has 0 bridgehead atoms. The molecule has 1 aromatic carbocycles. The minimum Gasteiger partial charge on any atom is -0.372 e. The summed E-state index contributed by atoms with van der Waals surface area (Å²) in [5, 5.41) is 6.48. The topological polar surface area (TPSA) is 39.7 Å². The Morgan fingerprint density at radius 3 is 2.67 bits per heavy atom. The number of guanidine groups is 1. The van der Waals surface area contributed by atoms with Crippen LogP contribution in [-0.4, -0.2) is 38.7 Å². The molecule has 0 aliphatic carbocycles. The third kappa shape index (κ3) is 6.47. The highest BCUT2D eigenvalue weighted by atomic mass is 19.1. The van der Waals surface area contributed by atoms with Crippen molar-refractivity contribution in [3.63, 3.8) is 0 Å². The minimum atomic E-state index is -0.182. The Morgan fingerprint density at radius 1 is 1.33 bits per heavy atom. The van der Waals surface area contributed by atoms with Gasteiger partial charge in [-0.1, -0.05) is 12.1 Å². The van der Waals surface area contributed by atoms with Gasteiger partial charge in [0.05, 0.1) is 5.69 Å². The standard InChI is InChI=1S/C16H27FN4/c1-5-18-16(20-13(2)3)19-11-8-12-21(4)15-10-7-6-9-14(15)17/h6-7,9-10,13H,5,8,11-12H2,1-4H3,(H2,18,19,20). The largest absolute Gasteiger partial charge is 0.372 e. The molecule has 0 heterocycles. The molecule has 4 nitrogen and oxygen atoms in total. The zero-order valence-electron chi connectivity index (χ0n) is 13.5. The van der Waals surface area contributed by atoms with Crippen molar-refractivity contribution < 1.29 is 4.39 Å².